The van der Waals surface area contributed by atoms with E-state index in [2.05, 4.69) is 20.7 Å². The smallest absolute Gasteiger partial charge is 0.256 e. The van der Waals surface area contributed by atoms with E-state index in [1.54, 1.807) is 17.0 Å². The molecule has 1 aromatic carbocycles. The lowest BCUT2D eigenvalue weighted by atomic mass is 9.94. The fraction of sp³-hybridized carbons (Fsp3) is 0.368. The van der Waals surface area contributed by atoms with Gasteiger partial charge in [-0.1, -0.05) is 17.6 Å². The lowest BCUT2D eigenvalue weighted by Gasteiger charge is -2.36. The van der Waals surface area contributed by atoms with Gasteiger partial charge in [-0.2, -0.15) is 0 Å². The highest BCUT2D eigenvalue weighted by molar-refractivity contribution is 7.92. The van der Waals surface area contributed by atoms with Crippen LogP contribution in [0.2, 0.25) is 0 Å². The number of sulfonamides is 1. The maximum absolute atomic E-state index is 13.0. The maximum atomic E-state index is 13.0. The van der Waals surface area contributed by atoms with Gasteiger partial charge in [0.1, 0.15) is 13.7 Å². The highest BCUT2D eigenvalue weighted by Crippen LogP contribution is 2.22. The molecule has 0 bridgehead atoms. The summed E-state index contributed by atoms with van der Waals surface area (Å²) >= 11 is 0. The Morgan fingerprint density at radius 2 is 1.82 bits per heavy atom. The van der Waals surface area contributed by atoms with Gasteiger partial charge in [-0.05, 0) is 37.1 Å². The molecule has 1 aromatic heterocycles. The number of aromatic nitrogens is 1. The summed E-state index contributed by atoms with van der Waals surface area (Å²) in [5.41, 5.74) is 3.10. The lowest BCUT2D eigenvalue weighted by Crippen LogP contribution is -2.49. The van der Waals surface area contributed by atoms with Gasteiger partial charge >= 0.3 is 0 Å². The predicted octanol–water partition coefficient (Wildman–Crippen LogP) is 0.826. The molecule has 0 aliphatic carbocycles. The fourth-order valence-corrected chi connectivity index (χ4v) is 3.93. The zero-order valence-electron chi connectivity index (χ0n) is 16.3. The van der Waals surface area contributed by atoms with Gasteiger partial charge in [-0.25, -0.2) is 13.4 Å². The number of benzene rings is 1. The van der Waals surface area contributed by atoms with E-state index >= 15 is 0 Å². The molecule has 7 nitrogen and oxygen atoms in total. The van der Waals surface area contributed by atoms with Crippen LogP contribution in [-0.4, -0.2) is 64.5 Å². The molecule has 2 heterocycles. The van der Waals surface area contributed by atoms with Crippen LogP contribution < -0.4 is 15.1 Å². The number of nitrogens with one attached hydrogen (secondary N) is 1. The molecule has 2 radical (unpaired) electrons. The number of pyridine rings is 1. The third-order valence-corrected chi connectivity index (χ3v) is 5.21. The van der Waals surface area contributed by atoms with Crippen LogP contribution >= 0.6 is 0 Å². The molecule has 1 aliphatic rings. The normalized spacial score (nSPS) is 14.8. The summed E-state index contributed by atoms with van der Waals surface area (Å²) in [4.78, 5) is 21.4. The lowest BCUT2D eigenvalue weighted by molar-refractivity contribution is 0.0747. The van der Waals surface area contributed by atoms with E-state index in [-0.39, 0.29) is 17.2 Å². The molecule has 28 heavy (non-hydrogen) atoms. The van der Waals surface area contributed by atoms with E-state index < -0.39 is 10.0 Å². The van der Waals surface area contributed by atoms with Crippen molar-refractivity contribution in [3.05, 3.63) is 47.2 Å². The van der Waals surface area contributed by atoms with Crippen LogP contribution in [0.15, 0.2) is 30.5 Å². The molecule has 3 rings (SSSR count). The number of carbonyl (C=O) groups is 1. The Labute approximate surface area is 167 Å². The second kappa shape index (κ2) is 7.83. The van der Waals surface area contributed by atoms with E-state index in [1.165, 1.54) is 6.07 Å². The summed E-state index contributed by atoms with van der Waals surface area (Å²) in [6.45, 7) is 6.41. The Hall–Kier alpha value is -2.55. The Balaban J connectivity index is 1.75. The zero-order valence-corrected chi connectivity index (χ0v) is 17.1. The largest absolute Gasteiger partial charge is 0.353 e. The minimum absolute atomic E-state index is 0.200. The van der Waals surface area contributed by atoms with Crippen LogP contribution in [0.25, 0.3) is 0 Å². The van der Waals surface area contributed by atoms with Crippen molar-refractivity contribution >= 4 is 40.7 Å². The first-order valence-corrected chi connectivity index (χ1v) is 10.9. The first-order valence-electron chi connectivity index (χ1n) is 8.99. The molecular formula is C19H23BN4O3S. The van der Waals surface area contributed by atoms with E-state index in [0.29, 0.717) is 31.6 Å². The van der Waals surface area contributed by atoms with E-state index in [9.17, 15) is 13.2 Å². The highest BCUT2D eigenvalue weighted by atomic mass is 32.2. The predicted molar refractivity (Wildman–Crippen MR) is 112 cm³/mol. The summed E-state index contributed by atoms with van der Waals surface area (Å²) in [6, 6.07) is 6.71. The van der Waals surface area contributed by atoms with Crippen molar-refractivity contribution in [2.75, 3.05) is 42.1 Å². The van der Waals surface area contributed by atoms with Crippen molar-refractivity contribution in [2.24, 2.45) is 0 Å². The molecule has 146 valence electrons. The van der Waals surface area contributed by atoms with E-state index in [1.807, 2.05) is 20.0 Å². The molecule has 2 aromatic rings. The number of anilines is 2. The molecular weight excluding hydrogens is 375 g/mol. The number of carbonyl (C=O) groups excluding carboxylic acids is 1. The van der Waals surface area contributed by atoms with Gasteiger partial charge in [0.05, 0.1) is 17.5 Å². The third kappa shape index (κ3) is 4.65. The van der Waals surface area contributed by atoms with Crippen molar-refractivity contribution in [1.82, 2.24) is 9.88 Å². The van der Waals surface area contributed by atoms with Gasteiger partial charge in [0.2, 0.25) is 10.0 Å². The van der Waals surface area contributed by atoms with Gasteiger partial charge in [0.15, 0.2) is 0 Å². The van der Waals surface area contributed by atoms with Crippen molar-refractivity contribution < 1.29 is 13.2 Å². The summed E-state index contributed by atoms with van der Waals surface area (Å²) < 4.78 is 25.6. The Morgan fingerprint density at radius 1 is 1.14 bits per heavy atom. The second-order valence-corrected chi connectivity index (χ2v) is 8.86. The molecule has 1 saturated heterocycles. The maximum Gasteiger partial charge on any atom is 0.256 e. The summed E-state index contributed by atoms with van der Waals surface area (Å²) in [6.07, 6.45) is 2.89. The quantitative estimate of drug-likeness (QED) is 0.772. The zero-order chi connectivity index (χ0) is 20.5. The van der Waals surface area contributed by atoms with Crippen molar-refractivity contribution in [2.45, 2.75) is 13.8 Å². The number of aryl methyl sites for hydroxylation is 2. The van der Waals surface area contributed by atoms with Crippen LogP contribution in [0.3, 0.4) is 0 Å². The first-order chi connectivity index (χ1) is 13.1. The molecule has 1 fully saturated rings. The summed E-state index contributed by atoms with van der Waals surface area (Å²) in [5, 5.41) is 0. The Morgan fingerprint density at radius 3 is 2.43 bits per heavy atom. The van der Waals surface area contributed by atoms with E-state index in [4.69, 9.17) is 7.85 Å². The number of nitrogens with zero attached hydrogens (tertiary/aromatic N) is 3. The monoisotopic (exact) mass is 398 g/mol. The van der Waals surface area contributed by atoms with Crippen LogP contribution in [0.5, 0.6) is 0 Å². The highest BCUT2D eigenvalue weighted by Gasteiger charge is 2.25. The first kappa shape index (κ1) is 20.2. The van der Waals surface area contributed by atoms with Gasteiger partial charge < -0.3 is 9.80 Å². The molecule has 0 saturated carbocycles. The fourth-order valence-electron chi connectivity index (χ4n) is 3.36. The molecule has 9 heteroatoms. The molecule has 1 N–H and O–H groups in total. The van der Waals surface area contributed by atoms with Crippen LogP contribution in [0, 0.1) is 13.8 Å². The molecule has 1 aliphatic heterocycles. The number of amides is 1. The SMILES string of the molecule is [B]c1ccc(C(=O)N2CCN(c3ncc(C)cc3C)CC2)c(NS(C)(=O)=O)c1. The molecule has 0 unspecified atom stereocenters. The molecule has 0 atom stereocenters. The Bertz CT molecular complexity index is 1000. The minimum Gasteiger partial charge on any atom is -0.353 e. The van der Waals surface area contributed by atoms with E-state index in [0.717, 1.165) is 23.2 Å². The van der Waals surface area contributed by atoms with Crippen molar-refractivity contribution in [3.63, 3.8) is 0 Å². The number of hydrogen-bond acceptors (Lipinski definition) is 5. The molecule has 0 spiro atoms. The van der Waals surface area contributed by atoms with Crippen molar-refractivity contribution in [1.29, 1.82) is 0 Å². The second-order valence-electron chi connectivity index (χ2n) is 7.11. The van der Waals surface area contributed by atoms with Crippen LogP contribution in [0.1, 0.15) is 21.5 Å². The van der Waals surface area contributed by atoms with Gasteiger partial charge in [-0.15, -0.1) is 0 Å². The number of rotatable bonds is 4. The number of hydrogen-bond donors (Lipinski definition) is 1. The van der Waals surface area contributed by atoms with Crippen LogP contribution in [-0.2, 0) is 10.0 Å². The van der Waals surface area contributed by atoms with Gasteiger partial charge in [0, 0.05) is 32.4 Å². The average molecular weight is 398 g/mol. The Kier molecular flexibility index (Phi) is 5.65. The van der Waals surface area contributed by atoms with Gasteiger partial charge in [0.25, 0.3) is 5.91 Å². The minimum atomic E-state index is -3.53. The summed E-state index contributed by atoms with van der Waals surface area (Å²) in [5.74, 6) is 0.712. The topological polar surface area (TPSA) is 82.6 Å². The standard InChI is InChI=1S/C19H23BN4O3S/c1-13-10-14(2)18(21-12-13)23-6-8-24(9-7-23)19(25)16-5-4-15(20)11-17(16)22-28(3,26)27/h4-5,10-12,22H,6-9H2,1-3H3. The van der Waals surface area contributed by atoms with Crippen molar-refractivity contribution in [3.8, 4) is 0 Å². The average Bonchev–Trinajstić information content (AvgIpc) is 2.60. The summed E-state index contributed by atoms with van der Waals surface area (Å²) in [7, 11) is 2.23. The molecule has 1 amide bonds. The van der Waals surface area contributed by atoms with Crippen LogP contribution in [0.4, 0.5) is 11.5 Å². The number of piperazine rings is 1. The third-order valence-electron chi connectivity index (χ3n) is 4.62. The van der Waals surface area contributed by atoms with Gasteiger partial charge in [-0.3, -0.25) is 9.52 Å².